The van der Waals surface area contributed by atoms with E-state index < -0.39 is 5.97 Å². The Bertz CT molecular complexity index is 694. The van der Waals surface area contributed by atoms with Crippen molar-refractivity contribution in [2.45, 2.75) is 53.9 Å². The molecule has 0 bridgehead atoms. The third-order valence-electron chi connectivity index (χ3n) is 4.94. The quantitative estimate of drug-likeness (QED) is 0.634. The van der Waals surface area contributed by atoms with Gasteiger partial charge in [0.25, 0.3) is 0 Å². The normalized spacial score (nSPS) is 21.6. The van der Waals surface area contributed by atoms with E-state index >= 15 is 0 Å². The molecular formula is C22H32N2O2. The third-order valence-corrected chi connectivity index (χ3v) is 4.94. The first kappa shape index (κ1) is 21.7. The summed E-state index contributed by atoms with van der Waals surface area (Å²) < 4.78 is 0. The first-order valence-electron chi connectivity index (χ1n) is 9.38. The number of carbonyl (C=O) groups is 1. The van der Waals surface area contributed by atoms with Crippen LogP contribution in [0.4, 0.5) is 0 Å². The zero-order chi connectivity index (χ0) is 19.7. The van der Waals surface area contributed by atoms with Crippen LogP contribution in [0.2, 0.25) is 0 Å². The van der Waals surface area contributed by atoms with Crippen molar-refractivity contribution in [3.63, 3.8) is 0 Å². The molecule has 1 saturated carbocycles. The molecule has 142 valence electrons. The summed E-state index contributed by atoms with van der Waals surface area (Å²) in [7, 11) is 0. The average molecular weight is 357 g/mol. The molecule has 0 aromatic carbocycles. The number of hydrogen-bond donors (Lipinski definition) is 2. The second kappa shape index (κ2) is 10.6. The molecule has 4 heteroatoms. The van der Waals surface area contributed by atoms with Crippen LogP contribution >= 0.6 is 0 Å². The molecule has 1 aliphatic rings. The second-order valence-corrected chi connectivity index (χ2v) is 6.37. The van der Waals surface area contributed by atoms with Gasteiger partial charge in [-0.1, -0.05) is 44.2 Å². The van der Waals surface area contributed by atoms with Crippen molar-refractivity contribution in [2.24, 2.45) is 11.8 Å². The monoisotopic (exact) mass is 356 g/mol. The SMILES string of the molecule is C=CC(/C(=C/C1CCC(C(=O)O)C1)c1cnc[nH]1)=C(C)\C(C)=C/C.CC. The van der Waals surface area contributed by atoms with Gasteiger partial charge in [0, 0.05) is 5.57 Å². The lowest BCUT2D eigenvalue weighted by Crippen LogP contribution is -2.09. The minimum atomic E-state index is -0.686. The highest BCUT2D eigenvalue weighted by molar-refractivity contribution is 5.82. The number of nitrogens with zero attached hydrogens (tertiary/aromatic N) is 1. The lowest BCUT2D eigenvalue weighted by molar-refractivity contribution is -0.141. The zero-order valence-corrected chi connectivity index (χ0v) is 16.7. The Morgan fingerprint density at radius 1 is 1.35 bits per heavy atom. The number of H-pyrrole nitrogens is 1. The predicted molar refractivity (Wildman–Crippen MR) is 109 cm³/mol. The van der Waals surface area contributed by atoms with Crippen molar-refractivity contribution < 1.29 is 9.90 Å². The van der Waals surface area contributed by atoms with Gasteiger partial charge >= 0.3 is 5.97 Å². The van der Waals surface area contributed by atoms with E-state index in [0.717, 1.165) is 29.7 Å². The molecule has 2 rings (SSSR count). The highest BCUT2D eigenvalue weighted by Crippen LogP contribution is 2.36. The van der Waals surface area contributed by atoms with Crippen LogP contribution in [0.1, 0.15) is 59.6 Å². The van der Waals surface area contributed by atoms with Crippen molar-refractivity contribution >= 4 is 11.5 Å². The Morgan fingerprint density at radius 3 is 2.50 bits per heavy atom. The number of aliphatic carboxylic acids is 1. The smallest absolute Gasteiger partial charge is 0.306 e. The summed E-state index contributed by atoms with van der Waals surface area (Å²) in [6.07, 6.45) is 12.0. The number of aromatic nitrogens is 2. The number of hydrogen-bond acceptors (Lipinski definition) is 2. The Morgan fingerprint density at radius 2 is 2.04 bits per heavy atom. The fourth-order valence-corrected chi connectivity index (χ4v) is 3.25. The summed E-state index contributed by atoms with van der Waals surface area (Å²) in [4.78, 5) is 18.5. The van der Waals surface area contributed by atoms with Crippen LogP contribution in [-0.4, -0.2) is 21.0 Å². The van der Waals surface area contributed by atoms with Gasteiger partial charge < -0.3 is 10.1 Å². The lowest BCUT2D eigenvalue weighted by atomic mass is 9.91. The lowest BCUT2D eigenvalue weighted by Gasteiger charge is -2.15. The number of rotatable bonds is 6. The van der Waals surface area contributed by atoms with Gasteiger partial charge in [-0.3, -0.25) is 4.79 Å². The molecule has 0 amide bonds. The molecule has 4 nitrogen and oxygen atoms in total. The van der Waals surface area contributed by atoms with Gasteiger partial charge in [0.2, 0.25) is 0 Å². The summed E-state index contributed by atoms with van der Waals surface area (Å²) in [5, 5.41) is 9.23. The molecule has 2 unspecified atom stereocenters. The van der Waals surface area contributed by atoms with Gasteiger partial charge in [-0.25, -0.2) is 4.98 Å². The van der Waals surface area contributed by atoms with Crippen molar-refractivity contribution in [1.29, 1.82) is 0 Å². The maximum atomic E-state index is 11.2. The van der Waals surface area contributed by atoms with Gasteiger partial charge in [-0.05, 0) is 57.1 Å². The van der Waals surface area contributed by atoms with Crippen molar-refractivity contribution in [3.05, 3.63) is 59.7 Å². The standard InChI is InChI=1S/C20H26N2O2.C2H6/c1-5-13(3)14(4)17(6-2)18(19-11-21-12-22-19)10-15-7-8-16(9-15)20(23)24;1-2/h5-6,10-12,15-16H,2,7-9H2,1,3-4H3,(H,21,22)(H,23,24);1-2H3/b13-5-,17-14+,18-10-;. The zero-order valence-electron chi connectivity index (χ0n) is 16.7. The van der Waals surface area contributed by atoms with Crippen LogP contribution in [0.25, 0.3) is 5.57 Å². The molecule has 1 aliphatic carbocycles. The number of imidazole rings is 1. The number of nitrogens with one attached hydrogen (secondary N) is 1. The molecule has 1 aromatic rings. The highest BCUT2D eigenvalue weighted by atomic mass is 16.4. The van der Waals surface area contributed by atoms with E-state index in [1.807, 2.05) is 26.8 Å². The molecule has 0 spiro atoms. The van der Waals surface area contributed by atoms with Gasteiger partial charge in [-0.15, -0.1) is 0 Å². The van der Waals surface area contributed by atoms with E-state index in [2.05, 4.69) is 42.5 Å². The first-order chi connectivity index (χ1) is 12.5. The molecule has 0 saturated heterocycles. The van der Waals surface area contributed by atoms with E-state index in [9.17, 15) is 9.90 Å². The Labute approximate surface area is 157 Å². The molecule has 2 N–H and O–H groups in total. The van der Waals surface area contributed by atoms with Crippen LogP contribution in [-0.2, 0) is 4.79 Å². The molecule has 1 aromatic heterocycles. The summed E-state index contributed by atoms with van der Waals surface area (Å²) >= 11 is 0. The Kier molecular flexibility index (Phi) is 8.83. The summed E-state index contributed by atoms with van der Waals surface area (Å²) in [6.45, 7) is 14.2. The molecular weight excluding hydrogens is 324 g/mol. The molecule has 26 heavy (non-hydrogen) atoms. The molecule has 0 radical (unpaired) electrons. The largest absolute Gasteiger partial charge is 0.481 e. The number of carboxylic acid groups (broad SMARTS) is 1. The van der Waals surface area contributed by atoms with Crippen LogP contribution in [0.3, 0.4) is 0 Å². The molecule has 2 atom stereocenters. The highest BCUT2D eigenvalue weighted by Gasteiger charge is 2.29. The Hall–Kier alpha value is -2.36. The summed E-state index contributed by atoms with van der Waals surface area (Å²) in [5.74, 6) is -0.656. The fourth-order valence-electron chi connectivity index (χ4n) is 3.25. The van der Waals surface area contributed by atoms with E-state index in [4.69, 9.17) is 0 Å². The van der Waals surface area contributed by atoms with Crippen LogP contribution in [0.5, 0.6) is 0 Å². The minimum absolute atomic E-state index is 0.233. The number of aromatic amines is 1. The Balaban J connectivity index is 0.00000163. The molecule has 0 aliphatic heterocycles. The molecule has 1 heterocycles. The first-order valence-corrected chi connectivity index (χ1v) is 9.38. The number of carboxylic acids is 1. The van der Waals surface area contributed by atoms with E-state index in [1.54, 1.807) is 12.5 Å². The maximum absolute atomic E-state index is 11.2. The van der Waals surface area contributed by atoms with Gasteiger partial charge in [0.05, 0.1) is 24.1 Å². The van der Waals surface area contributed by atoms with Gasteiger partial charge in [0.15, 0.2) is 0 Å². The second-order valence-electron chi connectivity index (χ2n) is 6.37. The van der Waals surface area contributed by atoms with Crippen molar-refractivity contribution in [1.82, 2.24) is 9.97 Å². The fraction of sp³-hybridized carbons (Fsp3) is 0.455. The van der Waals surface area contributed by atoms with Gasteiger partial charge in [0.1, 0.15) is 0 Å². The van der Waals surface area contributed by atoms with Crippen molar-refractivity contribution in [2.75, 3.05) is 0 Å². The van der Waals surface area contributed by atoms with Gasteiger partial charge in [-0.2, -0.15) is 0 Å². The van der Waals surface area contributed by atoms with Crippen LogP contribution in [0.15, 0.2) is 54.1 Å². The third kappa shape index (κ3) is 5.32. The van der Waals surface area contributed by atoms with E-state index in [1.165, 1.54) is 11.1 Å². The van der Waals surface area contributed by atoms with E-state index in [0.29, 0.717) is 6.42 Å². The number of allylic oxidation sites excluding steroid dienone is 7. The van der Waals surface area contributed by atoms with Crippen molar-refractivity contribution in [3.8, 4) is 0 Å². The minimum Gasteiger partial charge on any atom is -0.481 e. The predicted octanol–water partition coefficient (Wildman–Crippen LogP) is 5.79. The van der Waals surface area contributed by atoms with Crippen LogP contribution in [0, 0.1) is 11.8 Å². The van der Waals surface area contributed by atoms with Crippen LogP contribution < -0.4 is 0 Å². The summed E-state index contributed by atoms with van der Waals surface area (Å²) in [5.41, 5.74) is 5.42. The maximum Gasteiger partial charge on any atom is 0.306 e. The van der Waals surface area contributed by atoms with E-state index in [-0.39, 0.29) is 11.8 Å². The average Bonchev–Trinajstić information content (AvgIpc) is 3.34. The topological polar surface area (TPSA) is 66.0 Å². The molecule has 1 fully saturated rings. The summed E-state index contributed by atoms with van der Waals surface area (Å²) in [6, 6.07) is 0.